The van der Waals surface area contributed by atoms with E-state index in [2.05, 4.69) is 22.5 Å². The molecule has 0 aliphatic carbocycles. The highest BCUT2D eigenvalue weighted by Crippen LogP contribution is 2.34. The first-order valence-electron chi connectivity index (χ1n) is 3.73. The van der Waals surface area contributed by atoms with E-state index in [1.807, 2.05) is 6.92 Å². The highest BCUT2D eigenvalue weighted by Gasteiger charge is 2.29. The van der Waals surface area contributed by atoms with Gasteiger partial charge in [0.15, 0.2) is 0 Å². The molecule has 0 heterocycles. The van der Waals surface area contributed by atoms with Gasteiger partial charge in [-0.05, 0) is 11.8 Å². The van der Waals surface area contributed by atoms with Crippen molar-refractivity contribution in [3.63, 3.8) is 0 Å². The predicted molar refractivity (Wildman–Crippen MR) is 55.2 cm³/mol. The molecule has 0 aromatic rings. The average Bonchev–Trinajstić information content (AvgIpc) is 2.02. The fourth-order valence-corrected chi connectivity index (χ4v) is 1.93. The molecule has 0 fully saturated rings. The molecule has 0 nitrogen and oxygen atoms in total. The summed E-state index contributed by atoms with van der Waals surface area (Å²) < 4.78 is 35.3. The maximum Gasteiger partial charge on any atom is 0.441 e. The van der Waals surface area contributed by atoms with Crippen LogP contribution in [0.5, 0.6) is 0 Å². The highest BCUT2D eigenvalue weighted by molar-refractivity contribution is 9.09. The molecule has 0 saturated heterocycles. The highest BCUT2D eigenvalue weighted by atomic mass is 79.9. The Hall–Kier alpha value is 0.360. The molecule has 0 spiro atoms. The Balaban J connectivity index is 3.81. The second kappa shape index (κ2) is 5.29. The van der Waals surface area contributed by atoms with Crippen molar-refractivity contribution < 1.29 is 13.2 Å². The van der Waals surface area contributed by atoms with Gasteiger partial charge in [0.05, 0.1) is 0 Å². The Morgan fingerprint density at radius 1 is 1.46 bits per heavy atom. The zero-order chi connectivity index (χ0) is 10.5. The summed E-state index contributed by atoms with van der Waals surface area (Å²) in [5, 5.41) is 0.641. The zero-order valence-electron chi connectivity index (χ0n) is 7.33. The van der Waals surface area contributed by atoms with Crippen LogP contribution in [0.3, 0.4) is 0 Å². The summed E-state index contributed by atoms with van der Waals surface area (Å²) in [6, 6.07) is 0. The van der Waals surface area contributed by atoms with E-state index in [0.717, 1.165) is 0 Å². The van der Waals surface area contributed by atoms with Crippen LogP contribution in [0.1, 0.15) is 13.3 Å². The summed E-state index contributed by atoms with van der Waals surface area (Å²) in [5.41, 5.74) is -4.35. The lowest BCUT2D eigenvalue weighted by atomic mass is 9.91. The Bertz CT molecular complexity index is 169. The van der Waals surface area contributed by atoms with Crippen LogP contribution < -0.4 is 0 Å². The lowest BCUT2D eigenvalue weighted by Gasteiger charge is -2.22. The molecule has 1 atom stereocenters. The van der Waals surface area contributed by atoms with Gasteiger partial charge in [0.25, 0.3) is 0 Å². The van der Waals surface area contributed by atoms with Gasteiger partial charge < -0.3 is 0 Å². The molecule has 13 heavy (non-hydrogen) atoms. The zero-order valence-corrected chi connectivity index (χ0v) is 9.73. The first kappa shape index (κ1) is 13.4. The Kier molecular flexibility index (Phi) is 5.44. The van der Waals surface area contributed by atoms with Crippen molar-refractivity contribution in [1.29, 1.82) is 0 Å². The standard InChI is InChI=1S/C8H12BrF3S/c1-3-7(2,6-9)4-5-13-8(10,11)12/h3H,1,4-6H2,2H3. The van der Waals surface area contributed by atoms with Gasteiger partial charge in [0.2, 0.25) is 0 Å². The average molecular weight is 277 g/mol. The number of alkyl halides is 4. The van der Waals surface area contributed by atoms with E-state index < -0.39 is 5.51 Å². The molecule has 0 radical (unpaired) electrons. The molecule has 0 aliphatic heterocycles. The SMILES string of the molecule is C=CC(C)(CBr)CCSC(F)(F)F. The molecular weight excluding hydrogens is 265 g/mol. The largest absolute Gasteiger partial charge is 0.441 e. The Labute approximate surface area is 89.1 Å². The van der Waals surface area contributed by atoms with Crippen LogP contribution in [0.4, 0.5) is 13.2 Å². The smallest absolute Gasteiger partial charge is 0.160 e. The van der Waals surface area contributed by atoms with Crippen LogP contribution in [-0.2, 0) is 0 Å². The maximum atomic E-state index is 11.8. The molecule has 0 saturated carbocycles. The van der Waals surface area contributed by atoms with Gasteiger partial charge in [0.1, 0.15) is 0 Å². The van der Waals surface area contributed by atoms with Crippen molar-refractivity contribution in [2.45, 2.75) is 18.9 Å². The normalized spacial score (nSPS) is 16.7. The molecule has 0 aromatic carbocycles. The van der Waals surface area contributed by atoms with Crippen LogP contribution in [0.2, 0.25) is 0 Å². The van der Waals surface area contributed by atoms with Crippen LogP contribution in [-0.4, -0.2) is 16.6 Å². The van der Waals surface area contributed by atoms with Crippen molar-refractivity contribution in [3.8, 4) is 0 Å². The van der Waals surface area contributed by atoms with Crippen LogP contribution in [0.15, 0.2) is 12.7 Å². The molecule has 0 amide bonds. The van der Waals surface area contributed by atoms with Gasteiger partial charge >= 0.3 is 5.51 Å². The summed E-state index contributed by atoms with van der Waals surface area (Å²) in [6.07, 6.45) is 2.17. The fourth-order valence-electron chi connectivity index (χ4n) is 0.623. The Morgan fingerprint density at radius 2 is 2.00 bits per heavy atom. The molecule has 0 bridgehead atoms. The van der Waals surface area contributed by atoms with E-state index in [4.69, 9.17) is 0 Å². The second-order valence-electron chi connectivity index (χ2n) is 3.04. The van der Waals surface area contributed by atoms with Gasteiger partial charge in [-0.2, -0.15) is 13.2 Å². The molecule has 0 N–H and O–H groups in total. The van der Waals surface area contributed by atoms with Gasteiger partial charge in [-0.3, -0.25) is 0 Å². The number of rotatable bonds is 5. The number of thioether (sulfide) groups is 1. The lowest BCUT2D eigenvalue weighted by molar-refractivity contribution is -0.0328. The van der Waals surface area contributed by atoms with Crippen LogP contribution in [0.25, 0.3) is 0 Å². The van der Waals surface area contributed by atoms with Crippen molar-refractivity contribution in [3.05, 3.63) is 12.7 Å². The number of hydrogen-bond donors (Lipinski definition) is 0. The minimum Gasteiger partial charge on any atom is -0.160 e. The maximum absolute atomic E-state index is 11.8. The first-order valence-corrected chi connectivity index (χ1v) is 5.84. The third-order valence-corrected chi connectivity index (χ3v) is 3.75. The van der Waals surface area contributed by atoms with E-state index in [0.29, 0.717) is 11.8 Å². The van der Waals surface area contributed by atoms with Gasteiger partial charge in [-0.15, -0.1) is 6.58 Å². The summed E-state index contributed by atoms with van der Waals surface area (Å²) >= 11 is 3.27. The molecular formula is C8H12BrF3S. The van der Waals surface area contributed by atoms with Crippen molar-refractivity contribution in [2.75, 3.05) is 11.1 Å². The van der Waals surface area contributed by atoms with Gasteiger partial charge in [-0.25, -0.2) is 0 Å². The van der Waals surface area contributed by atoms with Crippen molar-refractivity contribution >= 4 is 27.7 Å². The quantitative estimate of drug-likeness (QED) is 0.535. The molecule has 0 rings (SSSR count). The van der Waals surface area contributed by atoms with E-state index >= 15 is 0 Å². The molecule has 1 unspecified atom stereocenters. The minimum atomic E-state index is -4.12. The third kappa shape index (κ3) is 6.43. The predicted octanol–water partition coefficient (Wildman–Crippen LogP) is 4.22. The van der Waals surface area contributed by atoms with E-state index in [1.165, 1.54) is 0 Å². The van der Waals surface area contributed by atoms with E-state index in [9.17, 15) is 13.2 Å². The monoisotopic (exact) mass is 276 g/mol. The topological polar surface area (TPSA) is 0 Å². The molecule has 78 valence electrons. The number of allylic oxidation sites excluding steroid dienone is 1. The molecule has 0 aromatic heterocycles. The lowest BCUT2D eigenvalue weighted by Crippen LogP contribution is -2.16. The number of halogens is 4. The van der Waals surface area contributed by atoms with Gasteiger partial charge in [0, 0.05) is 11.1 Å². The first-order chi connectivity index (χ1) is 5.83. The molecule has 5 heteroatoms. The summed E-state index contributed by atoms with van der Waals surface area (Å²) in [7, 11) is 0. The molecule has 0 aliphatic rings. The Morgan fingerprint density at radius 3 is 2.31 bits per heavy atom. The van der Waals surface area contributed by atoms with Crippen molar-refractivity contribution in [1.82, 2.24) is 0 Å². The van der Waals surface area contributed by atoms with E-state index in [1.54, 1.807) is 6.08 Å². The fraction of sp³-hybridized carbons (Fsp3) is 0.750. The number of hydrogen-bond acceptors (Lipinski definition) is 1. The van der Waals surface area contributed by atoms with Gasteiger partial charge in [-0.1, -0.05) is 40.7 Å². The third-order valence-electron chi connectivity index (χ3n) is 1.74. The minimum absolute atomic E-state index is 0.0226. The summed E-state index contributed by atoms with van der Waals surface area (Å²) in [6.45, 7) is 5.48. The van der Waals surface area contributed by atoms with Crippen molar-refractivity contribution in [2.24, 2.45) is 5.41 Å². The van der Waals surface area contributed by atoms with Crippen LogP contribution in [0, 0.1) is 5.41 Å². The van der Waals surface area contributed by atoms with Crippen LogP contribution >= 0.6 is 27.7 Å². The summed E-state index contributed by atoms with van der Waals surface area (Å²) in [4.78, 5) is 0. The van der Waals surface area contributed by atoms with E-state index in [-0.39, 0.29) is 22.9 Å². The second-order valence-corrected chi connectivity index (χ2v) is 4.76. The summed E-state index contributed by atoms with van der Waals surface area (Å²) in [5.74, 6) is 0.0810.